The number of rotatable bonds is 10. The highest BCUT2D eigenvalue weighted by Gasteiger charge is 2.12. The second-order valence-electron chi connectivity index (χ2n) is 8.43. The van der Waals surface area contributed by atoms with E-state index >= 15 is 0 Å². The first kappa shape index (κ1) is 22.6. The van der Waals surface area contributed by atoms with Crippen molar-refractivity contribution in [1.29, 1.82) is 0 Å². The number of nitrogens with one attached hydrogen (secondary N) is 1. The molecule has 3 aromatic carbocycles. The number of aromatic nitrogens is 2. The van der Waals surface area contributed by atoms with Gasteiger partial charge in [0.15, 0.2) is 0 Å². The Morgan fingerprint density at radius 1 is 0.970 bits per heavy atom. The number of carbonyl (C=O) groups is 1. The Morgan fingerprint density at radius 2 is 1.70 bits per heavy atom. The van der Waals surface area contributed by atoms with Gasteiger partial charge in [0, 0.05) is 25.1 Å². The Morgan fingerprint density at radius 3 is 2.52 bits per heavy atom. The van der Waals surface area contributed by atoms with Crippen LogP contribution in [0.3, 0.4) is 0 Å². The Hall–Kier alpha value is -3.60. The highest BCUT2D eigenvalue weighted by Crippen LogP contribution is 2.26. The normalized spacial score (nSPS) is 11.1. The summed E-state index contributed by atoms with van der Waals surface area (Å²) in [6.45, 7) is 6.35. The maximum absolute atomic E-state index is 12.4. The summed E-state index contributed by atoms with van der Waals surface area (Å²) in [5.74, 6) is 2.31. The van der Waals surface area contributed by atoms with Crippen LogP contribution in [0, 0.1) is 0 Å². The van der Waals surface area contributed by atoms with Crippen LogP contribution in [0.1, 0.15) is 47.9 Å². The average Bonchev–Trinajstić information content (AvgIpc) is 3.19. The van der Waals surface area contributed by atoms with Crippen molar-refractivity contribution in [2.24, 2.45) is 0 Å². The van der Waals surface area contributed by atoms with Gasteiger partial charge in [-0.1, -0.05) is 62.4 Å². The zero-order valence-electron chi connectivity index (χ0n) is 19.3. The molecule has 0 aliphatic rings. The first-order valence-corrected chi connectivity index (χ1v) is 11.6. The first-order chi connectivity index (χ1) is 16.1. The number of hydrogen-bond acceptors (Lipinski definition) is 3. The van der Waals surface area contributed by atoms with Crippen molar-refractivity contribution in [3.8, 4) is 5.75 Å². The SMILES string of the molecule is CC(C)c1ccccc1OCCCn1c(CCNC(=O)c2ccccc2)nc2ccccc21. The summed E-state index contributed by atoms with van der Waals surface area (Å²) in [4.78, 5) is 17.2. The summed E-state index contributed by atoms with van der Waals surface area (Å²) in [5.41, 5.74) is 4.00. The second kappa shape index (κ2) is 10.8. The van der Waals surface area contributed by atoms with Crippen molar-refractivity contribution in [2.45, 2.75) is 39.2 Å². The number of para-hydroxylation sites is 3. The van der Waals surface area contributed by atoms with E-state index < -0.39 is 0 Å². The highest BCUT2D eigenvalue weighted by molar-refractivity contribution is 5.94. The molecule has 170 valence electrons. The third kappa shape index (κ3) is 5.61. The molecule has 5 heteroatoms. The predicted octanol–water partition coefficient (Wildman–Crippen LogP) is 5.60. The number of hydrogen-bond donors (Lipinski definition) is 1. The predicted molar refractivity (Wildman–Crippen MR) is 133 cm³/mol. The molecule has 0 radical (unpaired) electrons. The molecule has 0 saturated heterocycles. The van der Waals surface area contributed by atoms with Gasteiger partial charge in [0.25, 0.3) is 5.91 Å². The summed E-state index contributed by atoms with van der Waals surface area (Å²) in [6, 6.07) is 25.7. The van der Waals surface area contributed by atoms with E-state index in [9.17, 15) is 4.79 Å². The largest absolute Gasteiger partial charge is 0.493 e. The summed E-state index contributed by atoms with van der Waals surface area (Å²) >= 11 is 0. The van der Waals surface area contributed by atoms with Crippen molar-refractivity contribution in [3.63, 3.8) is 0 Å². The lowest BCUT2D eigenvalue weighted by molar-refractivity contribution is 0.0954. The van der Waals surface area contributed by atoms with Crippen molar-refractivity contribution in [2.75, 3.05) is 13.2 Å². The minimum Gasteiger partial charge on any atom is -0.493 e. The Bertz CT molecular complexity index is 1200. The van der Waals surface area contributed by atoms with E-state index in [1.165, 1.54) is 5.56 Å². The molecule has 1 aromatic heterocycles. The monoisotopic (exact) mass is 441 g/mol. The fourth-order valence-electron chi connectivity index (χ4n) is 4.04. The standard InChI is InChI=1S/C28H31N3O2/c1-21(2)23-13-6-9-16-26(23)33-20-10-19-31-25-15-8-7-14-24(25)30-27(31)17-18-29-28(32)22-11-4-3-5-12-22/h3-9,11-16,21H,10,17-20H2,1-2H3,(H,29,32). The molecule has 5 nitrogen and oxygen atoms in total. The molecule has 0 spiro atoms. The van der Waals surface area contributed by atoms with E-state index in [1.807, 2.05) is 60.7 Å². The zero-order chi connectivity index (χ0) is 23.0. The van der Waals surface area contributed by atoms with Crippen LogP contribution in [0.15, 0.2) is 78.9 Å². The Balaban J connectivity index is 1.38. The van der Waals surface area contributed by atoms with E-state index in [4.69, 9.17) is 9.72 Å². The summed E-state index contributed by atoms with van der Waals surface area (Å²) < 4.78 is 8.37. The number of fused-ring (bicyclic) bond motifs is 1. The van der Waals surface area contributed by atoms with Crippen LogP contribution in [0.5, 0.6) is 5.75 Å². The van der Waals surface area contributed by atoms with Gasteiger partial charge in [-0.2, -0.15) is 0 Å². The number of aryl methyl sites for hydroxylation is 1. The third-order valence-corrected chi connectivity index (χ3v) is 5.73. The molecule has 0 fully saturated rings. The molecule has 0 unspecified atom stereocenters. The minimum absolute atomic E-state index is 0.0597. The van der Waals surface area contributed by atoms with Gasteiger partial charge in [0.05, 0.1) is 17.6 Å². The number of carbonyl (C=O) groups excluding carboxylic acids is 1. The molecule has 1 amide bonds. The van der Waals surface area contributed by atoms with Crippen molar-refractivity contribution in [1.82, 2.24) is 14.9 Å². The minimum atomic E-state index is -0.0597. The van der Waals surface area contributed by atoms with Gasteiger partial charge in [-0.3, -0.25) is 4.79 Å². The van der Waals surface area contributed by atoms with Crippen LogP contribution >= 0.6 is 0 Å². The lowest BCUT2D eigenvalue weighted by atomic mass is 10.0. The molecule has 0 aliphatic heterocycles. The second-order valence-corrected chi connectivity index (χ2v) is 8.43. The van der Waals surface area contributed by atoms with E-state index in [2.05, 4.69) is 41.9 Å². The maximum Gasteiger partial charge on any atom is 0.251 e. The first-order valence-electron chi connectivity index (χ1n) is 11.6. The molecule has 0 aliphatic carbocycles. The molecule has 0 bridgehead atoms. The zero-order valence-corrected chi connectivity index (χ0v) is 19.3. The Labute approximate surface area is 195 Å². The smallest absolute Gasteiger partial charge is 0.251 e. The van der Waals surface area contributed by atoms with Crippen LogP contribution in [0.25, 0.3) is 11.0 Å². The summed E-state index contributed by atoms with van der Waals surface area (Å²) in [5, 5.41) is 3.01. The average molecular weight is 442 g/mol. The lowest BCUT2D eigenvalue weighted by Gasteiger charge is -2.14. The molecule has 4 rings (SSSR count). The topological polar surface area (TPSA) is 56.1 Å². The van der Waals surface area contributed by atoms with Gasteiger partial charge in [-0.15, -0.1) is 0 Å². The van der Waals surface area contributed by atoms with Gasteiger partial charge in [0.1, 0.15) is 11.6 Å². The molecule has 0 atom stereocenters. The van der Waals surface area contributed by atoms with Crippen molar-refractivity contribution >= 4 is 16.9 Å². The number of ether oxygens (including phenoxy) is 1. The number of nitrogens with zero attached hydrogens (tertiary/aromatic N) is 2. The van der Waals surface area contributed by atoms with Gasteiger partial charge in [-0.05, 0) is 48.2 Å². The van der Waals surface area contributed by atoms with Crippen LogP contribution in [-0.2, 0) is 13.0 Å². The van der Waals surface area contributed by atoms with Crippen molar-refractivity contribution < 1.29 is 9.53 Å². The van der Waals surface area contributed by atoms with E-state index in [1.54, 1.807) is 0 Å². The van der Waals surface area contributed by atoms with E-state index in [-0.39, 0.29) is 5.91 Å². The van der Waals surface area contributed by atoms with Crippen LogP contribution in [0.4, 0.5) is 0 Å². The molecule has 1 heterocycles. The quantitative estimate of drug-likeness (QED) is 0.326. The van der Waals surface area contributed by atoms with E-state index in [0.717, 1.165) is 35.6 Å². The third-order valence-electron chi connectivity index (χ3n) is 5.73. The molecule has 1 N–H and O–H groups in total. The lowest BCUT2D eigenvalue weighted by Crippen LogP contribution is -2.26. The molecular formula is C28H31N3O2. The van der Waals surface area contributed by atoms with Crippen LogP contribution in [0.2, 0.25) is 0 Å². The van der Waals surface area contributed by atoms with Crippen LogP contribution < -0.4 is 10.1 Å². The highest BCUT2D eigenvalue weighted by atomic mass is 16.5. The van der Waals surface area contributed by atoms with Gasteiger partial charge in [-0.25, -0.2) is 4.98 Å². The fraction of sp³-hybridized carbons (Fsp3) is 0.286. The Kier molecular flexibility index (Phi) is 7.40. The number of amides is 1. The summed E-state index contributed by atoms with van der Waals surface area (Å²) in [7, 11) is 0. The molecule has 0 saturated carbocycles. The molecule has 4 aromatic rings. The van der Waals surface area contributed by atoms with Gasteiger partial charge < -0.3 is 14.6 Å². The van der Waals surface area contributed by atoms with Crippen molar-refractivity contribution in [3.05, 3.63) is 95.8 Å². The number of benzene rings is 3. The summed E-state index contributed by atoms with van der Waals surface area (Å²) in [6.07, 6.45) is 1.54. The fourth-order valence-corrected chi connectivity index (χ4v) is 4.04. The maximum atomic E-state index is 12.4. The molecule has 33 heavy (non-hydrogen) atoms. The number of imidazole rings is 1. The van der Waals surface area contributed by atoms with Crippen LogP contribution in [-0.4, -0.2) is 28.6 Å². The van der Waals surface area contributed by atoms with Gasteiger partial charge >= 0.3 is 0 Å². The molecular weight excluding hydrogens is 410 g/mol. The van der Waals surface area contributed by atoms with E-state index in [0.29, 0.717) is 31.1 Å². The van der Waals surface area contributed by atoms with Gasteiger partial charge in [0.2, 0.25) is 0 Å².